The van der Waals surface area contributed by atoms with Crippen LogP contribution in [0.2, 0.25) is 0 Å². The molecule has 0 aliphatic rings. The summed E-state index contributed by atoms with van der Waals surface area (Å²) in [7, 11) is -2.41. The van der Waals surface area contributed by atoms with Crippen molar-refractivity contribution in [1.82, 2.24) is 9.88 Å². The Morgan fingerprint density at radius 2 is 2.20 bits per heavy atom. The molecule has 0 bridgehead atoms. The fourth-order valence-electron chi connectivity index (χ4n) is 1.61. The van der Waals surface area contributed by atoms with E-state index in [2.05, 4.69) is 9.88 Å². The number of aliphatic hydroxyl groups is 1. The van der Waals surface area contributed by atoms with Crippen LogP contribution in [0.1, 0.15) is 11.3 Å². The van der Waals surface area contributed by atoms with E-state index in [9.17, 15) is 8.42 Å². The van der Waals surface area contributed by atoms with Crippen LogP contribution in [0.25, 0.3) is 0 Å². The molecule has 1 heterocycles. The minimum atomic E-state index is -3.79. The van der Waals surface area contributed by atoms with Gasteiger partial charge in [0.1, 0.15) is 10.6 Å². The minimum absolute atomic E-state index is 0.0190. The Bertz CT molecular complexity index is 667. The van der Waals surface area contributed by atoms with Crippen molar-refractivity contribution >= 4 is 10.0 Å². The summed E-state index contributed by atoms with van der Waals surface area (Å²) in [6.07, 6.45) is 1.43. The molecule has 1 aromatic carbocycles. The van der Waals surface area contributed by atoms with Gasteiger partial charge in [-0.2, -0.15) is 0 Å². The molecule has 7 nitrogen and oxygen atoms in total. The van der Waals surface area contributed by atoms with Crippen molar-refractivity contribution in [3.05, 3.63) is 41.8 Å². The third kappa shape index (κ3) is 3.16. The maximum atomic E-state index is 12.2. The van der Waals surface area contributed by atoms with Crippen LogP contribution in [0.15, 0.2) is 39.9 Å². The van der Waals surface area contributed by atoms with Crippen LogP contribution >= 0.6 is 0 Å². The summed E-state index contributed by atoms with van der Waals surface area (Å²) >= 11 is 0. The molecule has 2 rings (SSSR count). The van der Waals surface area contributed by atoms with E-state index in [1.807, 2.05) is 0 Å². The molecule has 0 unspecified atom stereocenters. The predicted octanol–water partition coefficient (Wildman–Crippen LogP) is 0.654. The highest BCUT2D eigenvalue weighted by atomic mass is 32.2. The number of ether oxygens (including phenoxy) is 1. The standard InChI is InChI=1S/C12H14N2O5S/c1-18-11-3-2-9(8-15)6-12(11)20(16,17)14-7-10-4-5-13-19-10/h2-6,14-15H,7-8H2,1H3. The average molecular weight is 298 g/mol. The van der Waals surface area contributed by atoms with Gasteiger partial charge < -0.3 is 14.4 Å². The molecule has 2 aromatic rings. The van der Waals surface area contributed by atoms with E-state index < -0.39 is 10.0 Å². The van der Waals surface area contributed by atoms with Crippen molar-refractivity contribution in [2.75, 3.05) is 7.11 Å². The molecular formula is C12H14N2O5S. The van der Waals surface area contributed by atoms with Crippen molar-refractivity contribution in [3.63, 3.8) is 0 Å². The van der Waals surface area contributed by atoms with Crippen LogP contribution in [0, 0.1) is 0 Å². The van der Waals surface area contributed by atoms with Gasteiger partial charge in [0.25, 0.3) is 0 Å². The van der Waals surface area contributed by atoms with Gasteiger partial charge in [0.05, 0.1) is 26.5 Å². The lowest BCUT2D eigenvalue weighted by Crippen LogP contribution is -2.23. The molecule has 0 radical (unpaired) electrons. The Hall–Kier alpha value is -1.90. The number of rotatable bonds is 6. The summed E-state index contributed by atoms with van der Waals surface area (Å²) in [5.74, 6) is 0.595. The normalized spacial score (nSPS) is 11.5. The van der Waals surface area contributed by atoms with Crippen molar-refractivity contribution in [2.45, 2.75) is 18.0 Å². The van der Waals surface area contributed by atoms with Gasteiger partial charge in [-0.15, -0.1) is 0 Å². The molecule has 20 heavy (non-hydrogen) atoms. The largest absolute Gasteiger partial charge is 0.495 e. The molecule has 1 aromatic heterocycles. The van der Waals surface area contributed by atoms with Crippen molar-refractivity contribution in [1.29, 1.82) is 0 Å². The highest BCUT2D eigenvalue weighted by molar-refractivity contribution is 7.89. The number of methoxy groups -OCH3 is 1. The smallest absolute Gasteiger partial charge is 0.244 e. The number of aliphatic hydroxyl groups excluding tert-OH is 1. The molecular weight excluding hydrogens is 284 g/mol. The SMILES string of the molecule is COc1ccc(CO)cc1S(=O)(=O)NCc1ccno1. The van der Waals surface area contributed by atoms with E-state index >= 15 is 0 Å². The fourth-order valence-corrected chi connectivity index (χ4v) is 2.82. The second kappa shape index (κ2) is 6.04. The third-order valence-electron chi connectivity index (χ3n) is 2.63. The zero-order valence-electron chi connectivity index (χ0n) is 10.7. The molecule has 0 spiro atoms. The van der Waals surface area contributed by atoms with E-state index in [0.29, 0.717) is 11.3 Å². The van der Waals surface area contributed by atoms with Gasteiger partial charge in [-0.1, -0.05) is 11.2 Å². The lowest BCUT2D eigenvalue weighted by Gasteiger charge is -2.11. The first-order chi connectivity index (χ1) is 9.56. The van der Waals surface area contributed by atoms with Gasteiger partial charge in [0.15, 0.2) is 5.76 Å². The van der Waals surface area contributed by atoms with Crippen molar-refractivity contribution < 1.29 is 22.8 Å². The molecule has 0 fully saturated rings. The summed E-state index contributed by atoms with van der Waals surface area (Å²) in [5, 5.41) is 12.6. The first-order valence-electron chi connectivity index (χ1n) is 5.74. The zero-order valence-corrected chi connectivity index (χ0v) is 11.6. The number of hydrogen-bond acceptors (Lipinski definition) is 6. The van der Waals surface area contributed by atoms with E-state index in [4.69, 9.17) is 14.4 Å². The van der Waals surface area contributed by atoms with E-state index in [-0.39, 0.29) is 23.8 Å². The van der Waals surface area contributed by atoms with Crippen molar-refractivity contribution in [3.8, 4) is 5.75 Å². The molecule has 0 atom stereocenters. The first-order valence-corrected chi connectivity index (χ1v) is 7.22. The maximum absolute atomic E-state index is 12.2. The molecule has 108 valence electrons. The van der Waals surface area contributed by atoms with Crippen LogP contribution in [-0.2, 0) is 23.2 Å². The second-order valence-corrected chi connectivity index (χ2v) is 5.68. The Morgan fingerprint density at radius 3 is 2.80 bits per heavy atom. The van der Waals surface area contributed by atoms with Gasteiger partial charge in [-0.3, -0.25) is 0 Å². The molecule has 2 N–H and O–H groups in total. The topological polar surface area (TPSA) is 102 Å². The molecule has 0 saturated carbocycles. The second-order valence-electron chi connectivity index (χ2n) is 3.95. The molecule has 0 amide bonds. The van der Waals surface area contributed by atoms with Crippen LogP contribution in [0.5, 0.6) is 5.75 Å². The highest BCUT2D eigenvalue weighted by Gasteiger charge is 2.20. The molecule has 0 aliphatic carbocycles. The number of nitrogens with zero attached hydrogens (tertiary/aromatic N) is 1. The van der Waals surface area contributed by atoms with Gasteiger partial charge in [-0.25, -0.2) is 13.1 Å². The number of hydrogen-bond donors (Lipinski definition) is 2. The van der Waals surface area contributed by atoms with Gasteiger partial charge in [0, 0.05) is 6.07 Å². The summed E-state index contributed by atoms with van der Waals surface area (Å²) in [4.78, 5) is -0.0361. The number of aromatic nitrogens is 1. The van der Waals surface area contributed by atoms with Gasteiger partial charge in [0.2, 0.25) is 10.0 Å². The Balaban J connectivity index is 2.28. The quantitative estimate of drug-likeness (QED) is 0.812. The van der Waals surface area contributed by atoms with Crippen LogP contribution in [0.3, 0.4) is 0 Å². The third-order valence-corrected chi connectivity index (χ3v) is 4.05. The number of sulfonamides is 1. The van der Waals surface area contributed by atoms with Crippen molar-refractivity contribution in [2.24, 2.45) is 0 Å². The van der Waals surface area contributed by atoms with Crippen LogP contribution in [-0.4, -0.2) is 25.8 Å². The summed E-state index contributed by atoms with van der Waals surface area (Å²) in [6, 6.07) is 6.01. The predicted molar refractivity (Wildman–Crippen MR) is 69.4 cm³/mol. The van der Waals surface area contributed by atoms with Gasteiger partial charge >= 0.3 is 0 Å². The maximum Gasteiger partial charge on any atom is 0.244 e. The average Bonchev–Trinajstić information content (AvgIpc) is 2.98. The fraction of sp³-hybridized carbons (Fsp3) is 0.250. The summed E-state index contributed by atoms with van der Waals surface area (Å²) < 4.78 is 36.7. The highest BCUT2D eigenvalue weighted by Crippen LogP contribution is 2.25. The Morgan fingerprint density at radius 1 is 1.40 bits per heavy atom. The summed E-state index contributed by atoms with van der Waals surface area (Å²) in [5.41, 5.74) is 0.478. The molecule has 8 heteroatoms. The molecule has 0 saturated heterocycles. The van der Waals surface area contributed by atoms with Gasteiger partial charge in [-0.05, 0) is 17.7 Å². The lowest BCUT2D eigenvalue weighted by atomic mass is 10.2. The minimum Gasteiger partial charge on any atom is -0.495 e. The van der Waals surface area contributed by atoms with Crippen LogP contribution < -0.4 is 9.46 Å². The van der Waals surface area contributed by atoms with E-state index in [1.54, 1.807) is 12.1 Å². The zero-order chi connectivity index (χ0) is 14.6. The van der Waals surface area contributed by atoms with E-state index in [0.717, 1.165) is 0 Å². The van der Waals surface area contributed by atoms with E-state index in [1.165, 1.54) is 25.4 Å². The number of nitrogens with one attached hydrogen (secondary N) is 1. The Labute approximate surface area is 116 Å². The summed E-state index contributed by atoms with van der Waals surface area (Å²) in [6.45, 7) is -0.274. The lowest BCUT2D eigenvalue weighted by molar-refractivity contribution is 0.281. The van der Waals surface area contributed by atoms with Crippen LogP contribution in [0.4, 0.5) is 0 Å². The monoisotopic (exact) mass is 298 g/mol. The molecule has 0 aliphatic heterocycles. The Kier molecular flexibility index (Phi) is 4.38. The number of benzene rings is 1. The first kappa shape index (κ1) is 14.5.